The Labute approximate surface area is 108 Å². The van der Waals surface area contributed by atoms with E-state index >= 15 is 0 Å². The molecule has 4 nitrogen and oxygen atoms in total. The second-order valence-electron chi connectivity index (χ2n) is 5.77. The third kappa shape index (κ3) is 3.03. The van der Waals surface area contributed by atoms with Crippen molar-refractivity contribution >= 4 is 10.0 Å². The average Bonchev–Trinajstić information content (AvgIpc) is 2.98. The summed E-state index contributed by atoms with van der Waals surface area (Å²) < 4.78 is 28.7. The van der Waals surface area contributed by atoms with E-state index in [1.807, 2.05) is 0 Å². The molecule has 0 aliphatic heterocycles. The van der Waals surface area contributed by atoms with Crippen molar-refractivity contribution in [3.63, 3.8) is 0 Å². The smallest absolute Gasteiger partial charge is 0.241 e. The third-order valence-corrected chi connectivity index (χ3v) is 3.88. The van der Waals surface area contributed by atoms with Gasteiger partial charge in [-0.15, -0.1) is 0 Å². The van der Waals surface area contributed by atoms with Gasteiger partial charge in [0.05, 0.1) is 6.10 Å². The van der Waals surface area contributed by atoms with Gasteiger partial charge in [0.1, 0.15) is 10.6 Å². The van der Waals surface area contributed by atoms with Crippen LogP contribution in [0.1, 0.15) is 39.2 Å². The number of ether oxygens (including phenoxy) is 1. The van der Waals surface area contributed by atoms with Gasteiger partial charge < -0.3 is 4.74 Å². The quantitative estimate of drug-likeness (QED) is 0.914. The lowest BCUT2D eigenvalue weighted by atomic mass is 9.87. The van der Waals surface area contributed by atoms with Gasteiger partial charge in [0.25, 0.3) is 0 Å². The third-order valence-electron chi connectivity index (χ3n) is 2.93. The zero-order chi connectivity index (χ0) is 13.6. The van der Waals surface area contributed by atoms with E-state index < -0.39 is 10.0 Å². The van der Waals surface area contributed by atoms with Gasteiger partial charge >= 0.3 is 0 Å². The van der Waals surface area contributed by atoms with Crippen LogP contribution in [-0.4, -0.2) is 14.5 Å². The van der Waals surface area contributed by atoms with E-state index in [2.05, 4.69) is 20.8 Å². The molecule has 2 N–H and O–H groups in total. The summed E-state index contributed by atoms with van der Waals surface area (Å²) in [5.74, 6) is 0.382. The van der Waals surface area contributed by atoms with Gasteiger partial charge in [-0.1, -0.05) is 26.8 Å². The van der Waals surface area contributed by atoms with Gasteiger partial charge in [0.2, 0.25) is 10.0 Å². The molecular formula is C13H19NO3S. The molecule has 1 saturated carbocycles. The summed E-state index contributed by atoms with van der Waals surface area (Å²) in [5.41, 5.74) is 0.976. The molecule has 0 radical (unpaired) electrons. The van der Waals surface area contributed by atoms with Crippen molar-refractivity contribution in [3.8, 4) is 5.75 Å². The van der Waals surface area contributed by atoms with Gasteiger partial charge in [-0.3, -0.25) is 0 Å². The number of hydrogen-bond acceptors (Lipinski definition) is 3. The van der Waals surface area contributed by atoms with E-state index in [4.69, 9.17) is 9.88 Å². The van der Waals surface area contributed by atoms with Gasteiger partial charge in [-0.05, 0) is 36.0 Å². The van der Waals surface area contributed by atoms with E-state index in [0.717, 1.165) is 18.4 Å². The molecule has 0 bridgehead atoms. The molecule has 2 rings (SSSR count). The number of primary sulfonamides is 1. The number of nitrogens with two attached hydrogens (primary N) is 1. The first kappa shape index (κ1) is 13.4. The van der Waals surface area contributed by atoms with Crippen LogP contribution in [0.2, 0.25) is 0 Å². The standard InChI is InChI=1S/C13H19NO3S/c1-13(2,3)9-4-7-12(18(14,15)16)11(8-9)17-10-5-6-10/h4,7-8,10H,5-6H2,1-3H3,(H2,14,15,16). The Morgan fingerprint density at radius 3 is 2.33 bits per heavy atom. The summed E-state index contributed by atoms with van der Waals surface area (Å²) in [7, 11) is -3.74. The number of hydrogen-bond donors (Lipinski definition) is 1. The van der Waals surface area contributed by atoms with Crippen molar-refractivity contribution in [2.75, 3.05) is 0 Å². The predicted molar refractivity (Wildman–Crippen MR) is 70.2 cm³/mol. The first-order valence-corrected chi connectivity index (χ1v) is 7.56. The zero-order valence-corrected chi connectivity index (χ0v) is 11.8. The fourth-order valence-electron chi connectivity index (χ4n) is 1.67. The largest absolute Gasteiger partial charge is 0.489 e. The van der Waals surface area contributed by atoms with Crippen LogP contribution in [-0.2, 0) is 15.4 Å². The van der Waals surface area contributed by atoms with Crippen LogP contribution in [0.4, 0.5) is 0 Å². The predicted octanol–water partition coefficient (Wildman–Crippen LogP) is 2.17. The van der Waals surface area contributed by atoms with Gasteiger partial charge in [0, 0.05) is 0 Å². The van der Waals surface area contributed by atoms with Crippen LogP contribution < -0.4 is 9.88 Å². The molecule has 1 aliphatic rings. The topological polar surface area (TPSA) is 69.4 Å². The van der Waals surface area contributed by atoms with Crippen LogP contribution in [0, 0.1) is 0 Å². The molecule has 0 atom stereocenters. The summed E-state index contributed by atoms with van der Waals surface area (Å²) in [4.78, 5) is 0.0717. The van der Waals surface area contributed by atoms with Crippen LogP contribution >= 0.6 is 0 Å². The first-order valence-electron chi connectivity index (χ1n) is 6.02. The molecule has 1 aliphatic carbocycles. The van der Waals surface area contributed by atoms with E-state index in [-0.39, 0.29) is 16.4 Å². The highest BCUT2D eigenvalue weighted by Crippen LogP contribution is 2.34. The lowest BCUT2D eigenvalue weighted by Crippen LogP contribution is -2.17. The summed E-state index contributed by atoms with van der Waals surface area (Å²) in [6, 6.07) is 5.12. The zero-order valence-electron chi connectivity index (χ0n) is 10.9. The van der Waals surface area contributed by atoms with Crippen molar-refractivity contribution in [2.24, 2.45) is 5.14 Å². The first-order chi connectivity index (χ1) is 8.18. The minimum absolute atomic E-state index is 0.0570. The number of rotatable bonds is 3. The fraction of sp³-hybridized carbons (Fsp3) is 0.538. The Hall–Kier alpha value is -1.07. The fourth-order valence-corrected chi connectivity index (χ4v) is 2.31. The molecule has 1 aromatic carbocycles. The lowest BCUT2D eigenvalue weighted by molar-refractivity contribution is 0.294. The van der Waals surface area contributed by atoms with Crippen molar-refractivity contribution in [1.82, 2.24) is 0 Å². The second kappa shape index (κ2) is 4.24. The highest BCUT2D eigenvalue weighted by molar-refractivity contribution is 7.89. The Bertz CT molecular complexity index is 554. The molecule has 0 unspecified atom stereocenters. The van der Waals surface area contributed by atoms with Crippen LogP contribution in [0.3, 0.4) is 0 Å². The summed E-state index contributed by atoms with van der Waals surface area (Å²) in [5, 5.41) is 5.21. The maximum atomic E-state index is 11.5. The Morgan fingerprint density at radius 1 is 1.28 bits per heavy atom. The Kier molecular flexibility index (Phi) is 3.15. The molecule has 0 spiro atoms. The van der Waals surface area contributed by atoms with Crippen LogP contribution in [0.15, 0.2) is 23.1 Å². The molecule has 100 valence electrons. The summed E-state index contributed by atoms with van der Waals surface area (Å²) >= 11 is 0. The number of benzene rings is 1. The van der Waals surface area contributed by atoms with Gasteiger partial charge in [-0.2, -0.15) is 0 Å². The van der Waals surface area contributed by atoms with Crippen LogP contribution in [0.25, 0.3) is 0 Å². The molecule has 0 heterocycles. The second-order valence-corrected chi connectivity index (χ2v) is 7.30. The minimum atomic E-state index is -3.74. The molecule has 1 aromatic rings. The Morgan fingerprint density at radius 2 is 1.89 bits per heavy atom. The maximum absolute atomic E-state index is 11.5. The average molecular weight is 269 g/mol. The Balaban J connectivity index is 2.47. The summed E-state index contributed by atoms with van der Waals surface area (Å²) in [6.45, 7) is 6.21. The van der Waals surface area contributed by atoms with Gasteiger partial charge in [0.15, 0.2) is 0 Å². The van der Waals surface area contributed by atoms with Crippen LogP contribution in [0.5, 0.6) is 5.75 Å². The molecular weight excluding hydrogens is 250 g/mol. The lowest BCUT2D eigenvalue weighted by Gasteiger charge is -2.21. The van der Waals surface area contributed by atoms with Gasteiger partial charge in [-0.25, -0.2) is 13.6 Å². The highest BCUT2D eigenvalue weighted by Gasteiger charge is 2.27. The number of sulfonamides is 1. The van der Waals surface area contributed by atoms with Crippen molar-refractivity contribution < 1.29 is 13.2 Å². The van der Waals surface area contributed by atoms with E-state index in [1.54, 1.807) is 12.1 Å². The van der Waals surface area contributed by atoms with E-state index in [0.29, 0.717) is 5.75 Å². The van der Waals surface area contributed by atoms with Crippen molar-refractivity contribution in [1.29, 1.82) is 0 Å². The SMILES string of the molecule is CC(C)(C)c1ccc(S(N)(=O)=O)c(OC2CC2)c1. The molecule has 0 saturated heterocycles. The maximum Gasteiger partial charge on any atom is 0.241 e. The van der Waals surface area contributed by atoms with Crippen molar-refractivity contribution in [3.05, 3.63) is 23.8 Å². The normalized spacial score (nSPS) is 16.7. The molecule has 1 fully saturated rings. The van der Waals surface area contributed by atoms with E-state index in [9.17, 15) is 8.42 Å². The molecule has 0 aromatic heterocycles. The summed E-state index contributed by atoms with van der Waals surface area (Å²) in [6.07, 6.45) is 2.09. The minimum Gasteiger partial charge on any atom is -0.489 e. The molecule has 5 heteroatoms. The van der Waals surface area contributed by atoms with Crippen molar-refractivity contribution in [2.45, 2.75) is 50.0 Å². The highest BCUT2D eigenvalue weighted by atomic mass is 32.2. The molecule has 0 amide bonds. The molecule has 18 heavy (non-hydrogen) atoms. The van der Waals surface area contributed by atoms with E-state index in [1.165, 1.54) is 6.07 Å². The monoisotopic (exact) mass is 269 g/mol.